The Labute approximate surface area is 139 Å². The van der Waals surface area contributed by atoms with Crippen molar-refractivity contribution >= 4 is 11.8 Å². The molecule has 0 aromatic heterocycles. The zero-order valence-corrected chi connectivity index (χ0v) is 13.6. The van der Waals surface area contributed by atoms with Crippen LogP contribution in [-0.2, 0) is 4.74 Å². The van der Waals surface area contributed by atoms with Crippen molar-refractivity contribution in [1.82, 2.24) is 0 Å². The van der Waals surface area contributed by atoms with Gasteiger partial charge >= 0.3 is 5.97 Å². The number of phenols is 1. The highest BCUT2D eigenvalue weighted by molar-refractivity contribution is 6.02. The van der Waals surface area contributed by atoms with Crippen LogP contribution in [0, 0.1) is 0 Å². The molecule has 0 saturated carbocycles. The predicted molar refractivity (Wildman–Crippen MR) is 86.9 cm³/mol. The second kappa shape index (κ2) is 7.50. The standard InChI is InChI=1S/C18H18O6/c1-11(17(20)12-4-6-13(22-2)7-5-12)24-18(21)15-9-8-14(23-3)10-16(15)19/h4-11,19H,1-3H3. The Hall–Kier alpha value is -3.02. The van der Waals surface area contributed by atoms with Crippen LogP contribution in [0.15, 0.2) is 42.5 Å². The third kappa shape index (κ3) is 3.84. The zero-order chi connectivity index (χ0) is 17.7. The Morgan fingerprint density at radius 2 is 1.54 bits per heavy atom. The molecule has 0 saturated heterocycles. The fraction of sp³-hybridized carbons (Fsp3) is 0.222. The number of phenolic OH excluding ortho intramolecular Hbond substituents is 1. The van der Waals surface area contributed by atoms with Gasteiger partial charge in [0.2, 0.25) is 5.78 Å². The van der Waals surface area contributed by atoms with E-state index in [2.05, 4.69) is 0 Å². The second-order valence-electron chi connectivity index (χ2n) is 5.02. The lowest BCUT2D eigenvalue weighted by Gasteiger charge is -2.13. The topological polar surface area (TPSA) is 82.1 Å². The highest BCUT2D eigenvalue weighted by atomic mass is 16.5. The molecule has 0 fully saturated rings. The van der Waals surface area contributed by atoms with Crippen molar-refractivity contribution in [1.29, 1.82) is 0 Å². The van der Waals surface area contributed by atoms with Crippen molar-refractivity contribution in [2.75, 3.05) is 14.2 Å². The van der Waals surface area contributed by atoms with E-state index in [-0.39, 0.29) is 17.1 Å². The normalized spacial score (nSPS) is 11.5. The average molecular weight is 330 g/mol. The highest BCUT2D eigenvalue weighted by Crippen LogP contribution is 2.24. The molecule has 0 heterocycles. The third-order valence-electron chi connectivity index (χ3n) is 3.45. The van der Waals surface area contributed by atoms with Gasteiger partial charge in [-0.15, -0.1) is 0 Å². The number of ether oxygens (including phenoxy) is 3. The van der Waals surface area contributed by atoms with E-state index in [1.807, 2.05) is 0 Å². The van der Waals surface area contributed by atoms with E-state index in [0.717, 1.165) is 0 Å². The fourth-order valence-corrected chi connectivity index (χ4v) is 2.08. The van der Waals surface area contributed by atoms with Crippen molar-refractivity contribution < 1.29 is 28.9 Å². The Morgan fingerprint density at radius 1 is 0.958 bits per heavy atom. The van der Waals surface area contributed by atoms with Gasteiger partial charge in [-0.3, -0.25) is 4.79 Å². The maximum Gasteiger partial charge on any atom is 0.342 e. The molecule has 0 bridgehead atoms. The number of ketones is 1. The van der Waals surface area contributed by atoms with E-state index in [1.165, 1.54) is 39.3 Å². The number of Topliss-reactive ketones (excluding diaryl/α,β-unsaturated/α-hetero) is 1. The Morgan fingerprint density at radius 3 is 2.08 bits per heavy atom. The van der Waals surface area contributed by atoms with Crippen LogP contribution in [0.5, 0.6) is 17.2 Å². The van der Waals surface area contributed by atoms with Gasteiger partial charge in [-0.05, 0) is 43.3 Å². The van der Waals surface area contributed by atoms with Crippen LogP contribution in [0.25, 0.3) is 0 Å². The maximum absolute atomic E-state index is 12.3. The van der Waals surface area contributed by atoms with Crippen LogP contribution in [-0.4, -0.2) is 37.2 Å². The van der Waals surface area contributed by atoms with E-state index >= 15 is 0 Å². The number of rotatable bonds is 6. The average Bonchev–Trinajstić information content (AvgIpc) is 2.60. The van der Waals surface area contributed by atoms with Gasteiger partial charge in [0.1, 0.15) is 22.8 Å². The van der Waals surface area contributed by atoms with E-state index in [4.69, 9.17) is 14.2 Å². The van der Waals surface area contributed by atoms with Crippen LogP contribution in [0.4, 0.5) is 0 Å². The molecular weight excluding hydrogens is 312 g/mol. The molecule has 0 amide bonds. The van der Waals surface area contributed by atoms with Crippen molar-refractivity contribution in [2.24, 2.45) is 0 Å². The van der Waals surface area contributed by atoms with Crippen molar-refractivity contribution in [2.45, 2.75) is 13.0 Å². The van der Waals surface area contributed by atoms with Gasteiger partial charge in [-0.1, -0.05) is 0 Å². The van der Waals surface area contributed by atoms with Crippen LogP contribution in [0.3, 0.4) is 0 Å². The molecule has 0 aliphatic carbocycles. The van der Waals surface area contributed by atoms with E-state index in [0.29, 0.717) is 17.1 Å². The molecule has 1 N–H and O–H groups in total. The Balaban J connectivity index is 2.08. The summed E-state index contributed by atoms with van der Waals surface area (Å²) in [4.78, 5) is 24.4. The molecule has 0 aliphatic rings. The molecule has 1 unspecified atom stereocenters. The number of hydrogen-bond donors (Lipinski definition) is 1. The molecule has 126 valence electrons. The lowest BCUT2D eigenvalue weighted by Crippen LogP contribution is -2.24. The van der Waals surface area contributed by atoms with Crippen molar-refractivity contribution in [3.05, 3.63) is 53.6 Å². The largest absolute Gasteiger partial charge is 0.507 e. The summed E-state index contributed by atoms with van der Waals surface area (Å²) >= 11 is 0. The molecule has 0 spiro atoms. The first kappa shape index (κ1) is 17.3. The molecule has 1 atom stereocenters. The van der Waals surface area contributed by atoms with Crippen LogP contribution >= 0.6 is 0 Å². The summed E-state index contributed by atoms with van der Waals surface area (Å²) in [5, 5.41) is 9.84. The number of aromatic hydroxyl groups is 1. The number of benzene rings is 2. The van der Waals surface area contributed by atoms with Crippen molar-refractivity contribution in [3.8, 4) is 17.2 Å². The molecule has 24 heavy (non-hydrogen) atoms. The minimum absolute atomic E-state index is 0.0369. The Kier molecular flexibility index (Phi) is 5.42. The lowest BCUT2D eigenvalue weighted by molar-refractivity contribution is 0.0316. The highest BCUT2D eigenvalue weighted by Gasteiger charge is 2.22. The maximum atomic E-state index is 12.3. The lowest BCUT2D eigenvalue weighted by atomic mass is 10.1. The molecule has 6 nitrogen and oxygen atoms in total. The van der Waals surface area contributed by atoms with Crippen LogP contribution < -0.4 is 9.47 Å². The molecule has 2 aromatic carbocycles. The SMILES string of the molecule is COc1ccc(C(=O)C(C)OC(=O)c2ccc(OC)cc2O)cc1. The quantitative estimate of drug-likeness (QED) is 0.648. The minimum Gasteiger partial charge on any atom is -0.507 e. The van der Waals surface area contributed by atoms with Gasteiger partial charge in [0.15, 0.2) is 6.10 Å². The monoisotopic (exact) mass is 330 g/mol. The van der Waals surface area contributed by atoms with Crippen molar-refractivity contribution in [3.63, 3.8) is 0 Å². The van der Waals surface area contributed by atoms with Crippen LogP contribution in [0.2, 0.25) is 0 Å². The Bertz CT molecular complexity index is 736. The summed E-state index contributed by atoms with van der Waals surface area (Å²) in [5.74, 6) is -0.377. The summed E-state index contributed by atoms with van der Waals surface area (Å²) in [5.41, 5.74) is 0.361. The molecule has 2 aromatic rings. The summed E-state index contributed by atoms with van der Waals surface area (Å²) in [6.45, 7) is 1.48. The first-order valence-corrected chi connectivity index (χ1v) is 7.22. The van der Waals surface area contributed by atoms with Gasteiger partial charge in [0.05, 0.1) is 14.2 Å². The number of esters is 1. The molecule has 0 aliphatic heterocycles. The number of carbonyl (C=O) groups excluding carboxylic acids is 2. The fourth-order valence-electron chi connectivity index (χ4n) is 2.08. The molecule has 6 heteroatoms. The number of methoxy groups -OCH3 is 2. The third-order valence-corrected chi connectivity index (χ3v) is 3.45. The van der Waals surface area contributed by atoms with Gasteiger partial charge in [0, 0.05) is 11.6 Å². The first-order chi connectivity index (χ1) is 11.5. The van der Waals surface area contributed by atoms with Crippen LogP contribution in [0.1, 0.15) is 27.6 Å². The molecular formula is C18H18O6. The second-order valence-corrected chi connectivity index (χ2v) is 5.02. The van der Waals surface area contributed by atoms with Gasteiger partial charge < -0.3 is 19.3 Å². The smallest absolute Gasteiger partial charge is 0.342 e. The van der Waals surface area contributed by atoms with Gasteiger partial charge in [-0.2, -0.15) is 0 Å². The van der Waals surface area contributed by atoms with Gasteiger partial charge in [0.25, 0.3) is 0 Å². The number of hydrogen-bond acceptors (Lipinski definition) is 6. The summed E-state index contributed by atoms with van der Waals surface area (Å²) in [7, 11) is 2.98. The number of carbonyl (C=O) groups is 2. The van der Waals surface area contributed by atoms with E-state index < -0.39 is 12.1 Å². The van der Waals surface area contributed by atoms with E-state index in [1.54, 1.807) is 24.3 Å². The summed E-state index contributed by atoms with van der Waals surface area (Å²) in [6.07, 6.45) is -0.993. The predicted octanol–water partition coefficient (Wildman–Crippen LogP) is 2.84. The van der Waals surface area contributed by atoms with Gasteiger partial charge in [-0.25, -0.2) is 4.79 Å². The molecule has 2 rings (SSSR count). The first-order valence-electron chi connectivity index (χ1n) is 7.22. The minimum atomic E-state index is -0.993. The van der Waals surface area contributed by atoms with E-state index in [9.17, 15) is 14.7 Å². The summed E-state index contributed by atoms with van der Waals surface area (Å²) in [6, 6.07) is 10.7. The molecule has 0 radical (unpaired) electrons. The zero-order valence-electron chi connectivity index (χ0n) is 13.6. The summed E-state index contributed by atoms with van der Waals surface area (Å²) < 4.78 is 15.1.